The Hall–Kier alpha value is -0.840. The molecular weight excluding hydrogens is 292 g/mol. The van der Waals surface area contributed by atoms with Crippen LogP contribution in [0.5, 0.6) is 0 Å². The highest BCUT2D eigenvalue weighted by atomic mass is 79.9. The number of nitrogens with one attached hydrogen (secondary N) is 1. The number of hydrogen-bond donors (Lipinski definition) is 1. The smallest absolute Gasteiger partial charge is 0.224 e. The largest absolute Gasteiger partial charge is 0.354 e. The van der Waals surface area contributed by atoms with Crippen molar-refractivity contribution in [2.45, 2.75) is 46.1 Å². The summed E-state index contributed by atoms with van der Waals surface area (Å²) in [6.07, 6.45) is 3.92. The Balaban J connectivity index is 3.00. The Kier molecular flexibility index (Phi) is 5.38. The van der Waals surface area contributed by atoms with E-state index in [2.05, 4.69) is 70.9 Å². The number of rotatable bonds is 6. The van der Waals surface area contributed by atoms with Crippen LogP contribution in [0.3, 0.4) is 0 Å². The average Bonchev–Trinajstić information content (AvgIpc) is 2.37. The second-order valence-electron chi connectivity index (χ2n) is 5.02. The lowest BCUT2D eigenvalue weighted by Gasteiger charge is -2.36. The van der Waals surface area contributed by atoms with Crippen molar-refractivity contribution >= 4 is 27.7 Å². The van der Waals surface area contributed by atoms with Gasteiger partial charge in [-0.05, 0) is 42.6 Å². The van der Waals surface area contributed by atoms with Crippen LogP contribution in [-0.2, 0) is 0 Å². The Morgan fingerprint density at radius 1 is 1.39 bits per heavy atom. The summed E-state index contributed by atoms with van der Waals surface area (Å²) in [5.41, 5.74) is 0.0684. The van der Waals surface area contributed by atoms with E-state index < -0.39 is 0 Å². The molecule has 0 saturated carbocycles. The maximum absolute atomic E-state index is 4.58. The maximum atomic E-state index is 4.58. The summed E-state index contributed by atoms with van der Waals surface area (Å²) in [6, 6.07) is 0. The summed E-state index contributed by atoms with van der Waals surface area (Å²) in [6.45, 7) is 9.62. The number of halogens is 1. The lowest BCUT2D eigenvalue weighted by Crippen LogP contribution is -2.41. The Morgan fingerprint density at radius 2 is 2.06 bits per heavy atom. The molecule has 0 aliphatic heterocycles. The summed E-state index contributed by atoms with van der Waals surface area (Å²) in [4.78, 5) is 11.0. The summed E-state index contributed by atoms with van der Waals surface area (Å²) < 4.78 is 0.925. The summed E-state index contributed by atoms with van der Waals surface area (Å²) in [7, 11) is 2.07. The van der Waals surface area contributed by atoms with Gasteiger partial charge in [0.15, 0.2) is 0 Å². The number of anilines is 2. The van der Waals surface area contributed by atoms with Gasteiger partial charge in [0.25, 0.3) is 0 Å². The minimum atomic E-state index is 0.0684. The van der Waals surface area contributed by atoms with Crippen LogP contribution < -0.4 is 10.2 Å². The van der Waals surface area contributed by atoms with Crippen molar-refractivity contribution in [2.24, 2.45) is 0 Å². The van der Waals surface area contributed by atoms with E-state index in [-0.39, 0.29) is 5.54 Å². The van der Waals surface area contributed by atoms with Crippen LogP contribution in [0.25, 0.3) is 0 Å². The predicted octanol–water partition coefficient (Wildman–Crippen LogP) is 3.69. The quantitative estimate of drug-likeness (QED) is 0.869. The second kappa shape index (κ2) is 6.36. The van der Waals surface area contributed by atoms with Gasteiger partial charge in [-0.15, -0.1) is 0 Å². The van der Waals surface area contributed by atoms with Gasteiger partial charge in [0.2, 0.25) is 5.95 Å². The first kappa shape index (κ1) is 15.2. The summed E-state index contributed by atoms with van der Waals surface area (Å²) in [5, 5.41) is 3.22. The van der Waals surface area contributed by atoms with Gasteiger partial charge in [0, 0.05) is 25.3 Å². The van der Waals surface area contributed by atoms with Crippen LogP contribution in [0.4, 0.5) is 11.8 Å². The average molecular weight is 315 g/mol. The van der Waals surface area contributed by atoms with Gasteiger partial charge < -0.3 is 10.2 Å². The first-order chi connectivity index (χ1) is 8.42. The Morgan fingerprint density at radius 3 is 2.61 bits per heavy atom. The van der Waals surface area contributed by atoms with Crippen LogP contribution in [0, 0.1) is 0 Å². The molecular formula is C13H23BrN4. The van der Waals surface area contributed by atoms with E-state index in [9.17, 15) is 0 Å². The van der Waals surface area contributed by atoms with Gasteiger partial charge >= 0.3 is 0 Å². The van der Waals surface area contributed by atoms with Crippen molar-refractivity contribution in [2.75, 3.05) is 23.8 Å². The number of aromatic nitrogens is 2. The molecule has 0 fully saturated rings. The van der Waals surface area contributed by atoms with E-state index in [0.717, 1.165) is 29.7 Å². The van der Waals surface area contributed by atoms with Crippen LogP contribution in [0.2, 0.25) is 0 Å². The predicted molar refractivity (Wildman–Crippen MR) is 81.3 cm³/mol. The molecule has 1 rings (SSSR count). The maximum Gasteiger partial charge on any atom is 0.224 e. The lowest BCUT2D eigenvalue weighted by atomic mass is 10.0. The molecule has 0 aliphatic rings. The number of nitrogens with zero attached hydrogens (tertiary/aromatic N) is 3. The molecule has 0 bridgehead atoms. The van der Waals surface area contributed by atoms with Crippen molar-refractivity contribution in [3.05, 3.63) is 10.7 Å². The van der Waals surface area contributed by atoms with Crippen molar-refractivity contribution in [3.8, 4) is 0 Å². The molecule has 0 amide bonds. The van der Waals surface area contributed by atoms with E-state index in [1.54, 1.807) is 0 Å². The molecule has 18 heavy (non-hydrogen) atoms. The molecule has 0 radical (unpaired) electrons. The molecule has 1 N–H and O–H groups in total. The molecule has 5 heteroatoms. The van der Waals surface area contributed by atoms with Crippen molar-refractivity contribution in [1.29, 1.82) is 0 Å². The normalized spacial score (nSPS) is 11.4. The summed E-state index contributed by atoms with van der Waals surface area (Å²) in [5.74, 6) is 1.62. The van der Waals surface area contributed by atoms with Gasteiger partial charge in [-0.3, -0.25) is 0 Å². The zero-order chi connectivity index (χ0) is 13.8. The van der Waals surface area contributed by atoms with Gasteiger partial charge in [-0.2, -0.15) is 4.98 Å². The molecule has 0 unspecified atom stereocenters. The van der Waals surface area contributed by atoms with Crippen molar-refractivity contribution in [3.63, 3.8) is 0 Å². The molecule has 4 nitrogen and oxygen atoms in total. The van der Waals surface area contributed by atoms with Crippen molar-refractivity contribution < 1.29 is 0 Å². The van der Waals surface area contributed by atoms with Crippen LogP contribution in [0.1, 0.15) is 40.5 Å². The highest BCUT2D eigenvalue weighted by Gasteiger charge is 2.24. The Bertz CT molecular complexity index is 393. The van der Waals surface area contributed by atoms with Crippen LogP contribution >= 0.6 is 15.9 Å². The molecule has 0 aromatic carbocycles. The molecule has 1 heterocycles. The molecule has 0 saturated heterocycles. The zero-order valence-corrected chi connectivity index (χ0v) is 13.5. The van der Waals surface area contributed by atoms with Gasteiger partial charge in [0.1, 0.15) is 5.82 Å². The van der Waals surface area contributed by atoms with Crippen LogP contribution in [-0.4, -0.2) is 29.1 Å². The van der Waals surface area contributed by atoms with E-state index in [0.29, 0.717) is 5.95 Å². The molecule has 1 aromatic heterocycles. The second-order valence-corrected chi connectivity index (χ2v) is 5.87. The standard InChI is InChI=1S/C13H23BrN4/c1-6-8-15-12-16-9-10(14)11(17-12)18(5)13(3,4)7-2/h9H,6-8H2,1-5H3,(H,15,16,17). The lowest BCUT2D eigenvalue weighted by molar-refractivity contribution is 0.466. The highest BCUT2D eigenvalue weighted by Crippen LogP contribution is 2.29. The van der Waals surface area contributed by atoms with Gasteiger partial charge in [-0.25, -0.2) is 4.98 Å². The zero-order valence-electron chi connectivity index (χ0n) is 11.9. The molecule has 0 atom stereocenters. The monoisotopic (exact) mass is 314 g/mol. The molecule has 1 aromatic rings. The minimum Gasteiger partial charge on any atom is -0.354 e. The van der Waals surface area contributed by atoms with Gasteiger partial charge in [0.05, 0.1) is 4.47 Å². The van der Waals surface area contributed by atoms with Crippen LogP contribution in [0.15, 0.2) is 10.7 Å². The third kappa shape index (κ3) is 3.57. The fourth-order valence-electron chi connectivity index (χ4n) is 1.44. The number of hydrogen-bond acceptors (Lipinski definition) is 4. The van der Waals surface area contributed by atoms with Gasteiger partial charge in [-0.1, -0.05) is 13.8 Å². The SMILES string of the molecule is CCCNc1ncc(Br)c(N(C)C(C)(C)CC)n1. The van der Waals surface area contributed by atoms with E-state index in [1.165, 1.54) is 0 Å². The minimum absolute atomic E-state index is 0.0684. The fourth-order valence-corrected chi connectivity index (χ4v) is 1.90. The fraction of sp³-hybridized carbons (Fsp3) is 0.692. The van der Waals surface area contributed by atoms with E-state index >= 15 is 0 Å². The third-order valence-corrected chi connectivity index (χ3v) is 3.91. The Labute approximate surface area is 118 Å². The summed E-state index contributed by atoms with van der Waals surface area (Å²) >= 11 is 3.53. The third-order valence-electron chi connectivity index (χ3n) is 3.35. The first-order valence-corrected chi connectivity index (χ1v) is 7.22. The molecule has 102 valence electrons. The highest BCUT2D eigenvalue weighted by molar-refractivity contribution is 9.10. The molecule has 0 spiro atoms. The first-order valence-electron chi connectivity index (χ1n) is 6.42. The van der Waals surface area contributed by atoms with E-state index in [1.807, 2.05) is 6.20 Å². The van der Waals surface area contributed by atoms with E-state index in [4.69, 9.17) is 0 Å². The van der Waals surface area contributed by atoms with Crippen molar-refractivity contribution in [1.82, 2.24) is 9.97 Å². The molecule has 0 aliphatic carbocycles. The topological polar surface area (TPSA) is 41.1 Å².